The number of rotatable bonds is 3. The summed E-state index contributed by atoms with van der Waals surface area (Å²) >= 11 is 0. The summed E-state index contributed by atoms with van der Waals surface area (Å²) < 4.78 is 4.66. The van der Waals surface area contributed by atoms with Gasteiger partial charge >= 0.3 is 5.97 Å². The average molecular weight is 190 g/mol. The Morgan fingerprint density at radius 3 is 2.79 bits per heavy atom. The van der Waals surface area contributed by atoms with Gasteiger partial charge in [0, 0.05) is 12.5 Å². The Morgan fingerprint density at radius 1 is 1.36 bits per heavy atom. The molecule has 0 bridgehead atoms. The monoisotopic (exact) mass is 190 g/mol. The quantitative estimate of drug-likeness (QED) is 0.386. The smallest absolute Gasteiger partial charge is 0.331 e. The van der Waals surface area contributed by atoms with E-state index in [4.69, 9.17) is 0 Å². The van der Waals surface area contributed by atoms with Crippen molar-refractivity contribution < 1.29 is 9.53 Å². The van der Waals surface area contributed by atoms with Crippen molar-refractivity contribution in [3.05, 3.63) is 12.2 Å². The van der Waals surface area contributed by atoms with Crippen LogP contribution in [0.15, 0.2) is 12.2 Å². The first-order valence-corrected chi connectivity index (χ1v) is 4.63. The number of allylic oxidation sites excluding steroid dienone is 1. The van der Waals surface area contributed by atoms with Gasteiger partial charge in [-0.2, -0.15) is 0 Å². The molecule has 74 valence electrons. The third-order valence-corrected chi connectivity index (χ3v) is 1.19. The summed E-state index contributed by atoms with van der Waals surface area (Å²) in [7, 11) is 0. The summed E-state index contributed by atoms with van der Waals surface area (Å²) in [5.41, 5.74) is 0. The van der Waals surface area contributed by atoms with Crippen molar-refractivity contribution in [1.29, 1.82) is 0 Å². The zero-order chi connectivity index (χ0) is 10.6. The number of carbonyl (C=O) groups is 1. The van der Waals surface area contributed by atoms with Crippen LogP contribution in [0.25, 0.3) is 0 Å². The van der Waals surface area contributed by atoms with Crippen LogP contribution < -0.4 is 0 Å². The van der Waals surface area contributed by atoms with Gasteiger partial charge in [0.1, 0.15) is 0 Å². The molecule has 14 heavy (non-hydrogen) atoms. The molecular weight excluding hydrogens is 176 g/mol. The predicted octanol–water partition coefficient (Wildman–Crippen LogP) is 1.91. The van der Waals surface area contributed by atoms with Crippen LogP contribution in [0.2, 0.25) is 0 Å². The Labute approximate surface area is 85.3 Å². The SMILES string of the molecule is CCCC#CC#C/C=C\C(=O)OCC. The van der Waals surface area contributed by atoms with Crippen molar-refractivity contribution in [2.24, 2.45) is 0 Å². The number of ether oxygens (including phenoxy) is 1. The van der Waals surface area contributed by atoms with Crippen LogP contribution in [0.4, 0.5) is 0 Å². The van der Waals surface area contributed by atoms with Crippen LogP contribution in [0.1, 0.15) is 26.7 Å². The summed E-state index contributed by atoms with van der Waals surface area (Å²) in [6.07, 6.45) is 4.63. The third kappa shape index (κ3) is 8.43. The van der Waals surface area contributed by atoms with Crippen molar-refractivity contribution in [3.8, 4) is 23.7 Å². The Bertz CT molecular complexity index is 305. The molecule has 0 heterocycles. The number of carbonyl (C=O) groups excluding carboxylic acids is 1. The normalized spacial score (nSPS) is 8.43. The van der Waals surface area contributed by atoms with Gasteiger partial charge in [-0.1, -0.05) is 18.8 Å². The molecule has 0 N–H and O–H groups in total. The molecule has 0 atom stereocenters. The van der Waals surface area contributed by atoms with E-state index in [9.17, 15) is 4.79 Å². The molecule has 0 aliphatic heterocycles. The van der Waals surface area contributed by atoms with Crippen LogP contribution in [0.5, 0.6) is 0 Å². The molecule has 2 heteroatoms. The number of hydrogen-bond donors (Lipinski definition) is 0. The molecular formula is C12H14O2. The molecule has 0 aromatic rings. The fourth-order valence-corrected chi connectivity index (χ4v) is 0.610. The molecule has 0 fully saturated rings. The van der Waals surface area contributed by atoms with Crippen molar-refractivity contribution in [1.82, 2.24) is 0 Å². The van der Waals surface area contributed by atoms with E-state index in [2.05, 4.69) is 35.3 Å². The molecule has 0 rings (SSSR count). The topological polar surface area (TPSA) is 26.3 Å². The van der Waals surface area contributed by atoms with Crippen molar-refractivity contribution in [2.45, 2.75) is 26.7 Å². The molecule has 0 spiro atoms. The maximum atomic E-state index is 10.8. The van der Waals surface area contributed by atoms with E-state index in [0.717, 1.165) is 12.8 Å². The van der Waals surface area contributed by atoms with Crippen molar-refractivity contribution in [2.75, 3.05) is 6.61 Å². The van der Waals surface area contributed by atoms with Gasteiger partial charge < -0.3 is 4.74 Å². The van der Waals surface area contributed by atoms with Gasteiger partial charge in [-0.05, 0) is 31.3 Å². The van der Waals surface area contributed by atoms with Gasteiger partial charge in [0.05, 0.1) is 6.61 Å². The molecule has 0 radical (unpaired) electrons. The first-order valence-electron chi connectivity index (χ1n) is 4.63. The van der Waals surface area contributed by atoms with Gasteiger partial charge in [-0.3, -0.25) is 0 Å². The standard InChI is InChI=1S/C12H14O2/c1-3-5-6-7-8-9-10-11-12(13)14-4-2/h10-11H,3-5H2,1-2H3/b11-10-. The molecule has 0 amide bonds. The molecule has 0 aromatic carbocycles. The Morgan fingerprint density at radius 2 is 2.14 bits per heavy atom. The Kier molecular flexibility index (Phi) is 8.29. The largest absolute Gasteiger partial charge is 0.463 e. The van der Waals surface area contributed by atoms with E-state index >= 15 is 0 Å². The molecule has 0 aliphatic rings. The van der Waals surface area contributed by atoms with E-state index in [-0.39, 0.29) is 5.97 Å². The maximum Gasteiger partial charge on any atom is 0.331 e. The minimum Gasteiger partial charge on any atom is -0.463 e. The minimum absolute atomic E-state index is 0.372. The third-order valence-electron chi connectivity index (χ3n) is 1.19. The highest BCUT2D eigenvalue weighted by Gasteiger charge is 1.89. The Hall–Kier alpha value is -1.67. The number of esters is 1. The van der Waals surface area contributed by atoms with Gasteiger partial charge in [-0.15, -0.1) is 0 Å². The van der Waals surface area contributed by atoms with E-state index in [1.165, 1.54) is 12.2 Å². The van der Waals surface area contributed by atoms with Crippen LogP contribution >= 0.6 is 0 Å². The number of unbranched alkanes of at least 4 members (excludes halogenated alkanes) is 1. The molecule has 0 aromatic heterocycles. The summed E-state index contributed by atoms with van der Waals surface area (Å²) in [6, 6.07) is 0. The molecule has 0 saturated heterocycles. The van der Waals surface area contributed by atoms with Crippen LogP contribution in [0, 0.1) is 23.7 Å². The van der Waals surface area contributed by atoms with Crippen molar-refractivity contribution >= 4 is 5.97 Å². The minimum atomic E-state index is -0.372. The molecule has 0 saturated carbocycles. The lowest BCUT2D eigenvalue weighted by molar-refractivity contribution is -0.137. The lowest BCUT2D eigenvalue weighted by Gasteiger charge is -1.91. The van der Waals surface area contributed by atoms with E-state index in [1.54, 1.807) is 6.92 Å². The summed E-state index contributed by atoms with van der Waals surface area (Å²) in [6.45, 7) is 4.20. The molecule has 2 nitrogen and oxygen atoms in total. The lowest BCUT2D eigenvalue weighted by Crippen LogP contribution is -1.98. The Balaban J connectivity index is 3.81. The predicted molar refractivity (Wildman–Crippen MR) is 56.2 cm³/mol. The fourth-order valence-electron chi connectivity index (χ4n) is 0.610. The maximum absolute atomic E-state index is 10.8. The fraction of sp³-hybridized carbons (Fsp3) is 0.417. The highest BCUT2D eigenvalue weighted by molar-refractivity contribution is 5.82. The van der Waals surface area contributed by atoms with Gasteiger partial charge in [-0.25, -0.2) is 4.79 Å². The van der Waals surface area contributed by atoms with Crippen LogP contribution in [0.3, 0.4) is 0 Å². The molecule has 0 unspecified atom stereocenters. The second-order valence-electron chi connectivity index (χ2n) is 2.41. The van der Waals surface area contributed by atoms with Gasteiger partial charge in [0.15, 0.2) is 0 Å². The van der Waals surface area contributed by atoms with Crippen molar-refractivity contribution in [3.63, 3.8) is 0 Å². The zero-order valence-electron chi connectivity index (χ0n) is 8.59. The molecule has 0 aliphatic carbocycles. The van der Waals surface area contributed by atoms with Gasteiger partial charge in [0.25, 0.3) is 0 Å². The first-order chi connectivity index (χ1) is 6.81. The highest BCUT2D eigenvalue weighted by atomic mass is 16.5. The van der Waals surface area contributed by atoms with Crippen LogP contribution in [-0.4, -0.2) is 12.6 Å². The second kappa shape index (κ2) is 9.42. The lowest BCUT2D eigenvalue weighted by atomic mass is 10.3. The average Bonchev–Trinajstić information content (AvgIpc) is 2.17. The van der Waals surface area contributed by atoms with E-state index < -0.39 is 0 Å². The summed E-state index contributed by atoms with van der Waals surface area (Å²) in [5.74, 6) is 10.4. The van der Waals surface area contributed by atoms with Gasteiger partial charge in [0.2, 0.25) is 0 Å². The first kappa shape index (κ1) is 12.3. The summed E-state index contributed by atoms with van der Waals surface area (Å²) in [5, 5.41) is 0. The van der Waals surface area contributed by atoms with Crippen LogP contribution in [-0.2, 0) is 9.53 Å². The van der Waals surface area contributed by atoms with E-state index in [0.29, 0.717) is 6.61 Å². The zero-order valence-corrected chi connectivity index (χ0v) is 8.59. The highest BCUT2D eigenvalue weighted by Crippen LogP contribution is 1.81. The number of hydrogen-bond acceptors (Lipinski definition) is 2. The second-order valence-corrected chi connectivity index (χ2v) is 2.41. The van der Waals surface area contributed by atoms with E-state index in [1.807, 2.05) is 0 Å². The summed E-state index contributed by atoms with van der Waals surface area (Å²) in [4.78, 5) is 10.8.